The predicted molar refractivity (Wildman–Crippen MR) is 66.7 cm³/mol. The van der Waals surface area contributed by atoms with Crippen LogP contribution in [0.3, 0.4) is 0 Å². The second-order valence-corrected chi connectivity index (χ2v) is 5.72. The number of anilines is 1. The highest BCUT2D eigenvalue weighted by Gasteiger charge is 2.09. The van der Waals surface area contributed by atoms with Crippen molar-refractivity contribution in [3.63, 3.8) is 0 Å². The lowest BCUT2D eigenvalue weighted by molar-refractivity contribution is 0.390. The summed E-state index contributed by atoms with van der Waals surface area (Å²) >= 11 is 3.38. The Labute approximate surface area is 99.2 Å². The van der Waals surface area contributed by atoms with Crippen LogP contribution in [0.5, 0.6) is 0 Å². The van der Waals surface area contributed by atoms with E-state index in [2.05, 4.69) is 42.0 Å². The van der Waals surface area contributed by atoms with Crippen molar-refractivity contribution in [3.05, 3.63) is 28.5 Å². The van der Waals surface area contributed by atoms with Crippen molar-refractivity contribution < 1.29 is 4.39 Å². The molecule has 1 rings (SSSR count). The summed E-state index contributed by atoms with van der Waals surface area (Å²) in [5, 5.41) is 3.22. The molecule has 0 aromatic heterocycles. The molecule has 0 aliphatic heterocycles. The van der Waals surface area contributed by atoms with E-state index < -0.39 is 0 Å². The lowest BCUT2D eigenvalue weighted by Gasteiger charge is -2.19. The fourth-order valence-electron chi connectivity index (χ4n) is 1.21. The van der Waals surface area contributed by atoms with Crippen molar-refractivity contribution in [2.45, 2.75) is 27.2 Å². The van der Waals surface area contributed by atoms with Gasteiger partial charge < -0.3 is 5.32 Å². The SMILES string of the molecule is CC(C)(C)CCNc1cc(F)ccc1Br. The summed E-state index contributed by atoms with van der Waals surface area (Å²) in [5.41, 5.74) is 1.12. The van der Waals surface area contributed by atoms with Crippen molar-refractivity contribution in [3.8, 4) is 0 Å². The minimum atomic E-state index is -0.212. The fraction of sp³-hybridized carbons (Fsp3) is 0.500. The highest BCUT2D eigenvalue weighted by atomic mass is 79.9. The zero-order valence-electron chi connectivity index (χ0n) is 9.40. The highest BCUT2D eigenvalue weighted by Crippen LogP contribution is 2.24. The first kappa shape index (κ1) is 12.5. The van der Waals surface area contributed by atoms with E-state index in [0.717, 1.165) is 23.1 Å². The average molecular weight is 274 g/mol. The summed E-state index contributed by atoms with van der Waals surface area (Å²) in [5.74, 6) is -0.212. The van der Waals surface area contributed by atoms with Crippen LogP contribution < -0.4 is 5.32 Å². The summed E-state index contributed by atoms with van der Waals surface area (Å²) in [4.78, 5) is 0. The zero-order chi connectivity index (χ0) is 11.5. The third kappa shape index (κ3) is 4.65. The molecule has 3 heteroatoms. The van der Waals surface area contributed by atoms with Gasteiger partial charge in [0.05, 0.1) is 5.69 Å². The van der Waals surface area contributed by atoms with E-state index in [-0.39, 0.29) is 5.82 Å². The molecule has 0 aliphatic carbocycles. The van der Waals surface area contributed by atoms with Gasteiger partial charge in [0.25, 0.3) is 0 Å². The molecular formula is C12H17BrFN. The van der Waals surface area contributed by atoms with Gasteiger partial charge in [0.2, 0.25) is 0 Å². The minimum Gasteiger partial charge on any atom is -0.384 e. The molecule has 1 N–H and O–H groups in total. The Kier molecular flexibility index (Phi) is 4.14. The highest BCUT2D eigenvalue weighted by molar-refractivity contribution is 9.10. The quantitative estimate of drug-likeness (QED) is 0.859. The van der Waals surface area contributed by atoms with E-state index in [9.17, 15) is 4.39 Å². The van der Waals surface area contributed by atoms with Crippen LogP contribution in [0.1, 0.15) is 27.2 Å². The second kappa shape index (κ2) is 4.97. The van der Waals surface area contributed by atoms with Crippen LogP contribution in [0.4, 0.5) is 10.1 Å². The molecular weight excluding hydrogens is 257 g/mol. The molecule has 0 atom stereocenters. The van der Waals surface area contributed by atoms with Gasteiger partial charge in [0.1, 0.15) is 5.82 Å². The van der Waals surface area contributed by atoms with Crippen LogP contribution in [0.2, 0.25) is 0 Å². The van der Waals surface area contributed by atoms with Gasteiger partial charge in [-0.1, -0.05) is 20.8 Å². The van der Waals surface area contributed by atoms with Gasteiger partial charge >= 0.3 is 0 Å². The lowest BCUT2D eigenvalue weighted by Crippen LogP contribution is -2.13. The molecule has 0 aliphatic rings. The molecule has 1 aromatic rings. The third-order valence-electron chi connectivity index (χ3n) is 2.12. The van der Waals surface area contributed by atoms with Gasteiger partial charge in [-0.2, -0.15) is 0 Å². The van der Waals surface area contributed by atoms with Crippen molar-refractivity contribution in [2.24, 2.45) is 5.41 Å². The molecule has 0 heterocycles. The van der Waals surface area contributed by atoms with Crippen molar-refractivity contribution >= 4 is 21.6 Å². The third-order valence-corrected chi connectivity index (χ3v) is 2.81. The summed E-state index contributed by atoms with van der Waals surface area (Å²) in [6.07, 6.45) is 1.05. The largest absolute Gasteiger partial charge is 0.384 e. The first-order valence-corrected chi connectivity index (χ1v) is 5.87. The first-order chi connectivity index (χ1) is 6.88. The standard InChI is InChI=1S/C12H17BrFN/c1-12(2,3)6-7-15-11-8-9(14)4-5-10(11)13/h4-5,8,15H,6-7H2,1-3H3. The van der Waals surface area contributed by atoms with E-state index in [0.29, 0.717) is 5.41 Å². The van der Waals surface area contributed by atoms with Gasteiger partial charge in [-0.25, -0.2) is 4.39 Å². The van der Waals surface area contributed by atoms with Crippen LogP contribution >= 0.6 is 15.9 Å². The molecule has 0 unspecified atom stereocenters. The summed E-state index contributed by atoms with van der Waals surface area (Å²) in [6, 6.07) is 4.67. The van der Waals surface area contributed by atoms with Crippen LogP contribution in [-0.2, 0) is 0 Å². The summed E-state index contributed by atoms with van der Waals surface area (Å²) in [7, 11) is 0. The Morgan fingerprint density at radius 2 is 2.00 bits per heavy atom. The smallest absolute Gasteiger partial charge is 0.125 e. The van der Waals surface area contributed by atoms with E-state index >= 15 is 0 Å². The maximum atomic E-state index is 12.9. The van der Waals surface area contributed by atoms with E-state index in [4.69, 9.17) is 0 Å². The Bertz CT molecular complexity index is 331. The van der Waals surface area contributed by atoms with Gasteiger partial charge in [-0.3, -0.25) is 0 Å². The monoisotopic (exact) mass is 273 g/mol. The van der Waals surface area contributed by atoms with Crippen LogP contribution in [0, 0.1) is 11.2 Å². The van der Waals surface area contributed by atoms with Crippen LogP contribution in [0.25, 0.3) is 0 Å². The van der Waals surface area contributed by atoms with Gasteiger partial charge in [0.15, 0.2) is 0 Å². The predicted octanol–water partition coefficient (Wildman–Crippen LogP) is 4.44. The molecule has 0 spiro atoms. The summed E-state index contributed by atoms with van der Waals surface area (Å²) < 4.78 is 13.8. The maximum Gasteiger partial charge on any atom is 0.125 e. The lowest BCUT2D eigenvalue weighted by atomic mass is 9.92. The molecule has 0 radical (unpaired) electrons. The molecule has 0 bridgehead atoms. The van der Waals surface area contributed by atoms with Crippen molar-refractivity contribution in [2.75, 3.05) is 11.9 Å². The van der Waals surface area contributed by atoms with Gasteiger partial charge in [-0.05, 0) is 46.0 Å². The number of nitrogens with one attached hydrogen (secondary N) is 1. The average Bonchev–Trinajstić information content (AvgIpc) is 2.09. The zero-order valence-corrected chi connectivity index (χ0v) is 11.0. The number of hydrogen-bond donors (Lipinski definition) is 1. The number of rotatable bonds is 3. The van der Waals surface area contributed by atoms with Crippen LogP contribution in [-0.4, -0.2) is 6.54 Å². The summed E-state index contributed by atoms with van der Waals surface area (Å²) in [6.45, 7) is 7.42. The normalized spacial score (nSPS) is 11.5. The number of halogens is 2. The molecule has 0 saturated carbocycles. The number of benzene rings is 1. The molecule has 1 aromatic carbocycles. The second-order valence-electron chi connectivity index (χ2n) is 4.86. The van der Waals surface area contributed by atoms with E-state index in [1.165, 1.54) is 12.1 Å². The molecule has 0 amide bonds. The van der Waals surface area contributed by atoms with Crippen LogP contribution in [0.15, 0.2) is 22.7 Å². The Hall–Kier alpha value is -0.570. The van der Waals surface area contributed by atoms with E-state index in [1.807, 2.05) is 0 Å². The van der Waals surface area contributed by atoms with Crippen molar-refractivity contribution in [1.29, 1.82) is 0 Å². The maximum absolute atomic E-state index is 12.9. The molecule has 0 saturated heterocycles. The minimum absolute atomic E-state index is 0.212. The molecule has 1 nitrogen and oxygen atoms in total. The first-order valence-electron chi connectivity index (χ1n) is 5.07. The van der Waals surface area contributed by atoms with Gasteiger partial charge in [-0.15, -0.1) is 0 Å². The topological polar surface area (TPSA) is 12.0 Å². The van der Waals surface area contributed by atoms with E-state index in [1.54, 1.807) is 6.07 Å². The Balaban J connectivity index is 2.54. The molecule has 0 fully saturated rings. The van der Waals surface area contributed by atoms with Gasteiger partial charge in [0, 0.05) is 11.0 Å². The Morgan fingerprint density at radius 3 is 2.60 bits per heavy atom. The number of hydrogen-bond acceptors (Lipinski definition) is 1. The Morgan fingerprint density at radius 1 is 1.33 bits per heavy atom. The molecule has 84 valence electrons. The van der Waals surface area contributed by atoms with Crippen molar-refractivity contribution in [1.82, 2.24) is 0 Å². The fourth-order valence-corrected chi connectivity index (χ4v) is 1.59. The molecule has 15 heavy (non-hydrogen) atoms.